The van der Waals surface area contributed by atoms with E-state index in [0.29, 0.717) is 5.92 Å². The van der Waals surface area contributed by atoms with Crippen LogP contribution in [0.4, 0.5) is 11.4 Å². The van der Waals surface area contributed by atoms with Gasteiger partial charge in [-0.25, -0.2) is 0 Å². The Balaban J connectivity index is 1.56. The molecule has 0 bridgehead atoms. The smallest absolute Gasteiger partial charge is 0.227 e. The Morgan fingerprint density at radius 1 is 1.09 bits per heavy atom. The topological polar surface area (TPSA) is 32.3 Å². The third-order valence-electron chi connectivity index (χ3n) is 5.08. The Bertz CT molecular complexity index is 740. The van der Waals surface area contributed by atoms with Gasteiger partial charge < -0.3 is 10.2 Å². The van der Waals surface area contributed by atoms with Crippen LogP contribution in [-0.2, 0) is 17.8 Å². The van der Waals surface area contributed by atoms with Crippen LogP contribution in [0, 0.1) is 11.8 Å². The summed E-state index contributed by atoms with van der Waals surface area (Å²) >= 11 is 0. The molecule has 2 aromatic carbocycles. The maximum atomic E-state index is 12.3. The van der Waals surface area contributed by atoms with E-state index in [1.165, 1.54) is 11.1 Å². The van der Waals surface area contributed by atoms with E-state index in [4.69, 9.17) is 0 Å². The first-order valence-electron chi connectivity index (χ1n) is 8.44. The van der Waals surface area contributed by atoms with E-state index < -0.39 is 0 Å². The molecule has 1 saturated carbocycles. The van der Waals surface area contributed by atoms with E-state index >= 15 is 0 Å². The van der Waals surface area contributed by atoms with E-state index in [2.05, 4.69) is 47.5 Å². The van der Waals surface area contributed by atoms with Crippen LogP contribution >= 0.6 is 0 Å². The molecule has 1 heterocycles. The number of nitrogens with one attached hydrogen (secondary N) is 1. The quantitative estimate of drug-likeness (QED) is 0.934. The minimum Gasteiger partial charge on any atom is -0.365 e. The molecule has 0 unspecified atom stereocenters. The van der Waals surface area contributed by atoms with Crippen LogP contribution in [0.2, 0.25) is 0 Å². The van der Waals surface area contributed by atoms with Crippen LogP contribution in [0.5, 0.6) is 0 Å². The third kappa shape index (κ3) is 2.83. The molecular weight excluding hydrogens is 284 g/mol. The molecule has 3 nitrogen and oxygen atoms in total. The van der Waals surface area contributed by atoms with Crippen LogP contribution in [0.25, 0.3) is 0 Å². The zero-order chi connectivity index (χ0) is 15.8. The normalized spacial score (nSPS) is 22.4. The number of benzene rings is 2. The van der Waals surface area contributed by atoms with Crippen molar-refractivity contribution in [2.75, 3.05) is 16.8 Å². The summed E-state index contributed by atoms with van der Waals surface area (Å²) in [5.74, 6) is 0.900. The Morgan fingerprint density at radius 2 is 1.78 bits per heavy atom. The van der Waals surface area contributed by atoms with Gasteiger partial charge in [0.05, 0.1) is 11.4 Å². The first-order valence-corrected chi connectivity index (χ1v) is 8.44. The second kappa shape index (κ2) is 5.73. The fourth-order valence-electron chi connectivity index (χ4n) is 3.47. The average molecular weight is 306 g/mol. The Kier molecular flexibility index (Phi) is 3.56. The van der Waals surface area contributed by atoms with E-state index in [9.17, 15) is 4.79 Å². The van der Waals surface area contributed by atoms with Crippen LogP contribution in [0.3, 0.4) is 0 Å². The highest BCUT2D eigenvalue weighted by Gasteiger charge is 2.39. The molecule has 1 N–H and O–H groups in total. The highest BCUT2D eigenvalue weighted by atomic mass is 16.2. The van der Waals surface area contributed by atoms with Crippen molar-refractivity contribution >= 4 is 17.3 Å². The van der Waals surface area contributed by atoms with Gasteiger partial charge in [0, 0.05) is 19.0 Å². The molecule has 3 heteroatoms. The standard InChI is InChI=1S/C20H22N2O/c1-14-12-17(14)20(23)21-18-8-4-5-9-19(18)22-11-10-15-6-2-3-7-16(15)13-22/h2-9,14,17H,10-13H2,1H3,(H,21,23)/t14-,17-/m0/s1. The monoisotopic (exact) mass is 306 g/mol. The van der Waals surface area contributed by atoms with Crippen molar-refractivity contribution < 1.29 is 4.79 Å². The highest BCUT2D eigenvalue weighted by Crippen LogP contribution is 2.39. The number of carbonyl (C=O) groups is 1. The van der Waals surface area contributed by atoms with Gasteiger partial charge in [-0.3, -0.25) is 4.79 Å². The molecule has 1 amide bonds. The van der Waals surface area contributed by atoms with Crippen LogP contribution in [0.15, 0.2) is 48.5 Å². The highest BCUT2D eigenvalue weighted by molar-refractivity contribution is 5.97. The Morgan fingerprint density at radius 3 is 2.57 bits per heavy atom. The molecule has 4 rings (SSSR count). The fourth-order valence-corrected chi connectivity index (χ4v) is 3.47. The predicted octanol–water partition coefficient (Wildman–Crippen LogP) is 3.84. The van der Waals surface area contributed by atoms with Gasteiger partial charge in [-0.15, -0.1) is 0 Å². The number of hydrogen-bond donors (Lipinski definition) is 1. The molecule has 2 atom stereocenters. The molecule has 0 spiro atoms. The number of nitrogens with zero attached hydrogens (tertiary/aromatic N) is 1. The van der Waals surface area contributed by atoms with Gasteiger partial charge in [-0.05, 0) is 42.0 Å². The second-order valence-corrected chi connectivity index (χ2v) is 6.77. The molecule has 0 saturated heterocycles. The lowest BCUT2D eigenvalue weighted by molar-refractivity contribution is -0.117. The lowest BCUT2D eigenvalue weighted by Crippen LogP contribution is -2.31. The zero-order valence-corrected chi connectivity index (χ0v) is 13.5. The molecule has 1 fully saturated rings. The molecule has 23 heavy (non-hydrogen) atoms. The van der Waals surface area contributed by atoms with Crippen molar-refractivity contribution in [2.45, 2.75) is 26.3 Å². The first-order chi connectivity index (χ1) is 11.2. The molecule has 0 aromatic heterocycles. The average Bonchev–Trinajstić information content (AvgIpc) is 3.32. The van der Waals surface area contributed by atoms with Crippen molar-refractivity contribution in [3.8, 4) is 0 Å². The minimum absolute atomic E-state index is 0.169. The van der Waals surface area contributed by atoms with Gasteiger partial charge >= 0.3 is 0 Å². The molecule has 1 aliphatic heterocycles. The lowest BCUT2D eigenvalue weighted by Gasteiger charge is -2.32. The summed E-state index contributed by atoms with van der Waals surface area (Å²) in [4.78, 5) is 14.7. The van der Waals surface area contributed by atoms with E-state index in [1.807, 2.05) is 18.2 Å². The summed E-state index contributed by atoms with van der Waals surface area (Å²) in [6.07, 6.45) is 2.07. The van der Waals surface area contributed by atoms with E-state index in [-0.39, 0.29) is 11.8 Å². The van der Waals surface area contributed by atoms with Crippen molar-refractivity contribution in [3.05, 3.63) is 59.7 Å². The maximum absolute atomic E-state index is 12.3. The van der Waals surface area contributed by atoms with Crippen molar-refractivity contribution in [1.82, 2.24) is 0 Å². The van der Waals surface area contributed by atoms with Crippen molar-refractivity contribution in [1.29, 1.82) is 0 Å². The number of fused-ring (bicyclic) bond motifs is 1. The predicted molar refractivity (Wildman–Crippen MR) is 93.5 cm³/mol. The van der Waals surface area contributed by atoms with Crippen LogP contribution in [0.1, 0.15) is 24.5 Å². The SMILES string of the molecule is C[C@H]1C[C@@H]1C(=O)Nc1ccccc1N1CCc2ccccc2C1. The van der Waals surface area contributed by atoms with Gasteiger partial charge in [0.25, 0.3) is 0 Å². The molecule has 1 aliphatic carbocycles. The van der Waals surface area contributed by atoms with Gasteiger partial charge in [0.1, 0.15) is 0 Å². The summed E-state index contributed by atoms with van der Waals surface area (Å²) in [5.41, 5.74) is 4.90. The van der Waals surface area contributed by atoms with Crippen molar-refractivity contribution in [3.63, 3.8) is 0 Å². The largest absolute Gasteiger partial charge is 0.365 e. The number of amides is 1. The zero-order valence-electron chi connectivity index (χ0n) is 13.5. The molecular formula is C20H22N2O. The van der Waals surface area contributed by atoms with Gasteiger partial charge in [0.15, 0.2) is 0 Å². The Labute approximate surface area is 137 Å². The van der Waals surface area contributed by atoms with E-state index in [1.54, 1.807) is 0 Å². The maximum Gasteiger partial charge on any atom is 0.227 e. The molecule has 2 aliphatic rings. The number of hydrogen-bond acceptors (Lipinski definition) is 2. The molecule has 0 radical (unpaired) electrons. The van der Waals surface area contributed by atoms with Crippen LogP contribution < -0.4 is 10.2 Å². The number of rotatable bonds is 3. The van der Waals surface area contributed by atoms with Gasteiger partial charge in [-0.1, -0.05) is 43.3 Å². The number of para-hydroxylation sites is 2. The summed E-state index contributed by atoms with van der Waals surface area (Å²) in [6.45, 7) is 4.03. The molecule has 2 aromatic rings. The fraction of sp³-hybridized carbons (Fsp3) is 0.350. The third-order valence-corrected chi connectivity index (χ3v) is 5.08. The van der Waals surface area contributed by atoms with E-state index in [0.717, 1.165) is 37.3 Å². The minimum atomic E-state index is 0.169. The number of carbonyl (C=O) groups excluding carboxylic acids is 1. The summed E-state index contributed by atoms with van der Waals surface area (Å²) in [7, 11) is 0. The van der Waals surface area contributed by atoms with Crippen LogP contribution in [-0.4, -0.2) is 12.5 Å². The summed E-state index contributed by atoms with van der Waals surface area (Å²) in [5, 5.41) is 3.14. The molecule has 118 valence electrons. The number of anilines is 2. The van der Waals surface area contributed by atoms with Gasteiger partial charge in [0.2, 0.25) is 5.91 Å². The lowest BCUT2D eigenvalue weighted by atomic mass is 9.99. The van der Waals surface area contributed by atoms with Gasteiger partial charge in [-0.2, -0.15) is 0 Å². The summed E-state index contributed by atoms with van der Waals surface area (Å²) in [6, 6.07) is 16.8. The van der Waals surface area contributed by atoms with Crippen molar-refractivity contribution in [2.24, 2.45) is 11.8 Å². The second-order valence-electron chi connectivity index (χ2n) is 6.77. The Hall–Kier alpha value is -2.29. The first kappa shape index (κ1) is 14.3. The summed E-state index contributed by atoms with van der Waals surface area (Å²) < 4.78 is 0.